The number of hydrogen-bond acceptors (Lipinski definition) is 5. The van der Waals surface area contributed by atoms with Crippen LogP contribution >= 0.6 is 12.4 Å². The van der Waals surface area contributed by atoms with Gasteiger partial charge in [-0.1, -0.05) is 12.1 Å². The van der Waals surface area contributed by atoms with Crippen LogP contribution < -0.4 is 10.0 Å². The first-order valence-corrected chi connectivity index (χ1v) is 11.1. The van der Waals surface area contributed by atoms with Crippen LogP contribution in [0.3, 0.4) is 0 Å². The zero-order valence-electron chi connectivity index (χ0n) is 15.9. The van der Waals surface area contributed by atoms with E-state index in [-0.39, 0.29) is 29.0 Å². The number of aliphatic imine (C=N–C) groups is 1. The topological polar surface area (TPSA) is 90.9 Å². The molecule has 1 aromatic rings. The normalized spacial score (nSPS) is 23.6. The SMILES string of the molecule is CC(N=C1NS(=O)(=O)c2ccccc21)C(=O)N1CCC(NCC2CC2)CC1.Cl. The smallest absolute Gasteiger partial charge is 0.263 e. The standard InChI is InChI=1S/C19H26N4O3S.ClH/c1-13(21-18-16-4-2-3-5-17(16)27(25,26)22-18)19(24)23-10-8-15(9-11-23)20-12-14-6-7-14;/h2-5,13-15,20H,6-12H2,1H3,(H,21,22);1H. The first-order valence-electron chi connectivity index (χ1n) is 9.66. The summed E-state index contributed by atoms with van der Waals surface area (Å²) in [7, 11) is -3.58. The van der Waals surface area contributed by atoms with E-state index >= 15 is 0 Å². The van der Waals surface area contributed by atoms with Gasteiger partial charge < -0.3 is 10.2 Å². The Kier molecular flexibility index (Phi) is 6.31. The van der Waals surface area contributed by atoms with Crippen LogP contribution in [0.5, 0.6) is 0 Å². The van der Waals surface area contributed by atoms with Crippen LogP contribution in [0.15, 0.2) is 34.2 Å². The summed E-state index contributed by atoms with van der Waals surface area (Å²) in [6, 6.07) is 6.57. The zero-order chi connectivity index (χ0) is 19.0. The highest BCUT2D eigenvalue weighted by molar-refractivity contribution is 7.90. The lowest BCUT2D eigenvalue weighted by molar-refractivity contribution is -0.133. The van der Waals surface area contributed by atoms with Crippen LogP contribution in [0.25, 0.3) is 0 Å². The molecule has 1 aromatic carbocycles. The molecule has 1 atom stereocenters. The minimum Gasteiger partial charge on any atom is -0.341 e. The number of fused-ring (bicyclic) bond motifs is 1. The number of hydrogen-bond donors (Lipinski definition) is 2. The van der Waals surface area contributed by atoms with E-state index in [9.17, 15) is 13.2 Å². The van der Waals surface area contributed by atoms with E-state index < -0.39 is 16.1 Å². The summed E-state index contributed by atoms with van der Waals surface area (Å²) in [5.41, 5.74) is 0.528. The molecule has 154 valence electrons. The van der Waals surface area contributed by atoms with Crippen molar-refractivity contribution in [3.8, 4) is 0 Å². The number of benzene rings is 1. The summed E-state index contributed by atoms with van der Waals surface area (Å²) in [6.07, 6.45) is 4.60. The number of carbonyl (C=O) groups is 1. The Bertz CT molecular complexity index is 862. The Morgan fingerprint density at radius 3 is 2.61 bits per heavy atom. The van der Waals surface area contributed by atoms with E-state index in [4.69, 9.17) is 0 Å². The second-order valence-electron chi connectivity index (χ2n) is 7.71. The first kappa shape index (κ1) is 21.1. The molecule has 1 saturated carbocycles. The van der Waals surface area contributed by atoms with Gasteiger partial charge in [0.15, 0.2) is 0 Å². The highest BCUT2D eigenvalue weighted by Gasteiger charge is 2.32. The molecule has 7 nitrogen and oxygen atoms in total. The lowest BCUT2D eigenvalue weighted by Crippen LogP contribution is -2.47. The predicted molar refractivity (Wildman–Crippen MR) is 110 cm³/mol. The van der Waals surface area contributed by atoms with E-state index in [1.54, 1.807) is 31.2 Å². The van der Waals surface area contributed by atoms with Crippen molar-refractivity contribution in [1.82, 2.24) is 14.9 Å². The average molecular weight is 427 g/mol. The van der Waals surface area contributed by atoms with Crippen molar-refractivity contribution >= 4 is 34.2 Å². The minimum absolute atomic E-state index is 0. The molecular formula is C19H27ClN4O3S. The molecule has 1 unspecified atom stereocenters. The Morgan fingerprint density at radius 2 is 1.93 bits per heavy atom. The number of carbonyl (C=O) groups excluding carboxylic acids is 1. The van der Waals surface area contributed by atoms with Gasteiger partial charge in [0.2, 0.25) is 5.91 Å². The lowest BCUT2D eigenvalue weighted by atomic mass is 10.0. The van der Waals surface area contributed by atoms with E-state index in [1.807, 2.05) is 4.90 Å². The van der Waals surface area contributed by atoms with Gasteiger partial charge in [-0.25, -0.2) is 8.42 Å². The predicted octanol–water partition coefficient (Wildman–Crippen LogP) is 1.53. The van der Waals surface area contributed by atoms with Crippen LogP contribution in [0.4, 0.5) is 0 Å². The van der Waals surface area contributed by atoms with Gasteiger partial charge in [-0.3, -0.25) is 14.5 Å². The van der Waals surface area contributed by atoms with Gasteiger partial charge in [-0.15, -0.1) is 12.4 Å². The van der Waals surface area contributed by atoms with Gasteiger partial charge in [-0.2, -0.15) is 0 Å². The maximum atomic E-state index is 12.8. The maximum absolute atomic E-state index is 12.8. The molecule has 0 aromatic heterocycles. The first-order chi connectivity index (χ1) is 12.9. The summed E-state index contributed by atoms with van der Waals surface area (Å²) >= 11 is 0. The van der Waals surface area contributed by atoms with Gasteiger partial charge in [0.1, 0.15) is 11.9 Å². The molecule has 3 aliphatic rings. The van der Waals surface area contributed by atoms with Gasteiger partial charge in [0, 0.05) is 24.7 Å². The van der Waals surface area contributed by atoms with Crippen LogP contribution in [-0.2, 0) is 14.8 Å². The number of halogens is 1. The summed E-state index contributed by atoms with van der Waals surface area (Å²) in [6.45, 7) is 4.27. The fourth-order valence-electron chi connectivity index (χ4n) is 3.70. The van der Waals surface area contributed by atoms with E-state index in [1.165, 1.54) is 12.8 Å². The molecule has 2 aliphatic heterocycles. The van der Waals surface area contributed by atoms with Crippen molar-refractivity contribution in [2.75, 3.05) is 19.6 Å². The van der Waals surface area contributed by atoms with E-state index in [0.717, 1.165) is 38.4 Å². The second kappa shape index (κ2) is 8.39. The van der Waals surface area contributed by atoms with Gasteiger partial charge >= 0.3 is 0 Å². The quantitative estimate of drug-likeness (QED) is 0.746. The third kappa shape index (κ3) is 4.50. The monoisotopic (exact) mass is 426 g/mol. The molecule has 2 fully saturated rings. The molecule has 2 heterocycles. The zero-order valence-corrected chi connectivity index (χ0v) is 17.6. The van der Waals surface area contributed by atoms with Crippen molar-refractivity contribution in [2.45, 2.75) is 49.6 Å². The van der Waals surface area contributed by atoms with Gasteiger partial charge in [0.05, 0.1) is 4.90 Å². The minimum atomic E-state index is -3.58. The summed E-state index contributed by atoms with van der Waals surface area (Å²) < 4.78 is 26.8. The number of amides is 1. The third-order valence-electron chi connectivity index (χ3n) is 5.54. The van der Waals surface area contributed by atoms with Crippen LogP contribution in [0, 0.1) is 5.92 Å². The maximum Gasteiger partial charge on any atom is 0.263 e. The number of nitrogens with one attached hydrogen (secondary N) is 2. The fourth-order valence-corrected chi connectivity index (χ4v) is 4.94. The summed E-state index contributed by atoms with van der Waals surface area (Å²) in [5, 5.41) is 3.61. The summed E-state index contributed by atoms with van der Waals surface area (Å²) in [4.78, 5) is 19.2. The number of sulfonamides is 1. The van der Waals surface area contributed by atoms with Crippen molar-refractivity contribution in [3.63, 3.8) is 0 Å². The Labute approximate surface area is 172 Å². The van der Waals surface area contributed by atoms with Crippen molar-refractivity contribution < 1.29 is 13.2 Å². The second-order valence-corrected chi connectivity index (χ2v) is 9.36. The largest absolute Gasteiger partial charge is 0.341 e. The van der Waals surface area contributed by atoms with Crippen molar-refractivity contribution in [2.24, 2.45) is 10.9 Å². The lowest BCUT2D eigenvalue weighted by Gasteiger charge is -2.33. The molecule has 0 bridgehead atoms. The molecular weight excluding hydrogens is 400 g/mol. The number of nitrogens with zero attached hydrogens (tertiary/aromatic N) is 2. The number of piperidine rings is 1. The van der Waals surface area contributed by atoms with E-state index in [2.05, 4.69) is 15.0 Å². The molecule has 0 radical (unpaired) electrons. The van der Waals surface area contributed by atoms with E-state index in [0.29, 0.717) is 11.6 Å². The number of likely N-dealkylation sites (tertiary alicyclic amines) is 1. The highest BCUT2D eigenvalue weighted by Crippen LogP contribution is 2.28. The van der Waals surface area contributed by atoms with Crippen molar-refractivity contribution in [3.05, 3.63) is 29.8 Å². The van der Waals surface area contributed by atoms with Crippen molar-refractivity contribution in [1.29, 1.82) is 0 Å². The molecule has 28 heavy (non-hydrogen) atoms. The van der Waals surface area contributed by atoms with Crippen LogP contribution in [0.1, 0.15) is 38.2 Å². The molecule has 0 spiro atoms. The van der Waals surface area contributed by atoms with Gasteiger partial charge in [0.25, 0.3) is 10.0 Å². The van der Waals surface area contributed by atoms with Gasteiger partial charge in [-0.05, 0) is 57.2 Å². The fraction of sp³-hybridized carbons (Fsp3) is 0.579. The third-order valence-corrected chi connectivity index (χ3v) is 6.94. The molecule has 2 N–H and O–H groups in total. The molecule has 1 aliphatic carbocycles. The Morgan fingerprint density at radius 1 is 1.25 bits per heavy atom. The molecule has 4 rings (SSSR count). The average Bonchev–Trinajstić information content (AvgIpc) is 3.46. The molecule has 1 amide bonds. The number of rotatable bonds is 5. The number of amidine groups is 1. The van der Waals surface area contributed by atoms with Crippen LogP contribution in [0.2, 0.25) is 0 Å². The highest BCUT2D eigenvalue weighted by atomic mass is 35.5. The molecule has 1 saturated heterocycles. The van der Waals surface area contributed by atoms with Crippen LogP contribution in [-0.4, -0.2) is 56.8 Å². The Hall–Kier alpha value is -1.64. The Balaban J connectivity index is 0.00000225. The summed E-state index contributed by atoms with van der Waals surface area (Å²) in [5.74, 6) is 1.07. The molecule has 9 heteroatoms.